The molecule has 1 atom stereocenters. The summed E-state index contributed by atoms with van der Waals surface area (Å²) in [6.07, 6.45) is 0. The van der Waals surface area contributed by atoms with E-state index in [0.717, 1.165) is 5.69 Å². The second-order valence-electron chi connectivity index (χ2n) is 7.08. The SMILES string of the molecule is Cc1cccc(N2CCN(S(=O)(=O)CC(=O)NC(C)C(C)C)CC2)c1. The highest BCUT2D eigenvalue weighted by Gasteiger charge is 2.29. The molecule has 1 N–H and O–H groups in total. The van der Waals surface area contributed by atoms with Crippen LogP contribution < -0.4 is 10.2 Å². The number of nitrogens with one attached hydrogen (secondary N) is 1. The smallest absolute Gasteiger partial charge is 0.236 e. The zero-order chi connectivity index (χ0) is 18.6. The number of carbonyl (C=O) groups excluding carboxylic acids is 1. The van der Waals surface area contributed by atoms with E-state index in [4.69, 9.17) is 0 Å². The van der Waals surface area contributed by atoms with Crippen LogP contribution in [-0.2, 0) is 14.8 Å². The number of amides is 1. The molecule has 1 aromatic rings. The minimum Gasteiger partial charge on any atom is -0.369 e. The summed E-state index contributed by atoms with van der Waals surface area (Å²) in [5, 5.41) is 2.76. The van der Waals surface area contributed by atoms with Crippen molar-refractivity contribution in [2.45, 2.75) is 33.7 Å². The Morgan fingerprint density at radius 1 is 1.16 bits per heavy atom. The van der Waals surface area contributed by atoms with Gasteiger partial charge >= 0.3 is 0 Å². The van der Waals surface area contributed by atoms with Gasteiger partial charge in [-0.05, 0) is 37.5 Å². The molecule has 1 aliphatic rings. The second kappa shape index (κ2) is 8.19. The van der Waals surface area contributed by atoms with Gasteiger partial charge in [0.25, 0.3) is 0 Å². The van der Waals surface area contributed by atoms with Gasteiger partial charge in [0.15, 0.2) is 0 Å². The Morgan fingerprint density at radius 3 is 2.36 bits per heavy atom. The molecule has 0 aliphatic carbocycles. The molecule has 0 saturated carbocycles. The molecule has 0 bridgehead atoms. The van der Waals surface area contributed by atoms with Gasteiger partial charge in [-0.3, -0.25) is 4.79 Å². The predicted octanol–water partition coefficient (Wildman–Crippen LogP) is 1.61. The quantitative estimate of drug-likeness (QED) is 0.829. The van der Waals surface area contributed by atoms with Crippen LogP contribution in [0.3, 0.4) is 0 Å². The number of piperazine rings is 1. The first-order valence-corrected chi connectivity index (χ1v) is 10.4. The summed E-state index contributed by atoms with van der Waals surface area (Å²) < 4.78 is 26.4. The summed E-state index contributed by atoms with van der Waals surface area (Å²) in [4.78, 5) is 14.2. The van der Waals surface area contributed by atoms with Crippen LogP contribution in [0.2, 0.25) is 0 Å². The van der Waals surface area contributed by atoms with Crippen molar-refractivity contribution >= 4 is 21.6 Å². The Hall–Kier alpha value is -1.60. The first kappa shape index (κ1) is 19.7. The highest BCUT2D eigenvalue weighted by atomic mass is 32.2. The number of anilines is 1. The fraction of sp³-hybridized carbons (Fsp3) is 0.611. The molecule has 1 aliphatic heterocycles. The number of carbonyl (C=O) groups is 1. The topological polar surface area (TPSA) is 69.7 Å². The molecule has 1 amide bonds. The van der Waals surface area contributed by atoms with Crippen molar-refractivity contribution in [3.8, 4) is 0 Å². The van der Waals surface area contributed by atoms with Crippen LogP contribution >= 0.6 is 0 Å². The van der Waals surface area contributed by atoms with Crippen molar-refractivity contribution in [1.82, 2.24) is 9.62 Å². The standard InChI is InChI=1S/C18H29N3O3S/c1-14(2)16(4)19-18(22)13-25(23,24)21-10-8-20(9-11-21)17-7-5-6-15(3)12-17/h5-7,12,14,16H,8-11,13H2,1-4H3,(H,19,22). The summed E-state index contributed by atoms with van der Waals surface area (Å²) in [7, 11) is -3.57. The second-order valence-corrected chi connectivity index (χ2v) is 9.05. The minimum absolute atomic E-state index is 0.0409. The lowest BCUT2D eigenvalue weighted by molar-refractivity contribution is -0.119. The summed E-state index contributed by atoms with van der Waals surface area (Å²) in [6, 6.07) is 8.15. The Bertz CT molecular complexity index is 695. The normalized spacial score (nSPS) is 17.6. The highest BCUT2D eigenvalue weighted by molar-refractivity contribution is 7.89. The van der Waals surface area contributed by atoms with Gasteiger partial charge in [0.2, 0.25) is 15.9 Å². The molecule has 1 fully saturated rings. The van der Waals surface area contributed by atoms with Crippen molar-refractivity contribution in [1.29, 1.82) is 0 Å². The molecule has 1 unspecified atom stereocenters. The van der Waals surface area contributed by atoms with E-state index in [9.17, 15) is 13.2 Å². The van der Waals surface area contributed by atoms with Crippen molar-refractivity contribution in [2.24, 2.45) is 5.92 Å². The van der Waals surface area contributed by atoms with Gasteiger partial charge in [-0.1, -0.05) is 26.0 Å². The van der Waals surface area contributed by atoms with Crippen molar-refractivity contribution in [3.05, 3.63) is 29.8 Å². The van der Waals surface area contributed by atoms with Crippen LogP contribution in [0.5, 0.6) is 0 Å². The maximum Gasteiger partial charge on any atom is 0.236 e. The molecule has 7 heteroatoms. The largest absolute Gasteiger partial charge is 0.369 e. The molecule has 1 saturated heterocycles. The first-order valence-electron chi connectivity index (χ1n) is 8.78. The number of rotatable bonds is 6. The zero-order valence-corrected chi connectivity index (χ0v) is 16.3. The van der Waals surface area contributed by atoms with E-state index in [2.05, 4.69) is 16.3 Å². The molecule has 0 aromatic heterocycles. The predicted molar refractivity (Wildman–Crippen MR) is 101 cm³/mol. The molecular weight excluding hydrogens is 338 g/mol. The highest BCUT2D eigenvalue weighted by Crippen LogP contribution is 2.19. The minimum atomic E-state index is -3.57. The number of hydrogen-bond donors (Lipinski definition) is 1. The number of sulfonamides is 1. The maximum atomic E-state index is 12.5. The van der Waals surface area contributed by atoms with Gasteiger partial charge in [0.05, 0.1) is 0 Å². The van der Waals surface area contributed by atoms with E-state index in [1.807, 2.05) is 45.9 Å². The lowest BCUT2D eigenvalue weighted by Crippen LogP contribution is -2.51. The Kier molecular flexibility index (Phi) is 6.46. The van der Waals surface area contributed by atoms with E-state index in [-0.39, 0.29) is 12.0 Å². The monoisotopic (exact) mass is 367 g/mol. The fourth-order valence-electron chi connectivity index (χ4n) is 2.77. The summed E-state index contributed by atoms with van der Waals surface area (Å²) in [5.41, 5.74) is 2.30. The van der Waals surface area contributed by atoms with Gasteiger partial charge in [-0.15, -0.1) is 0 Å². The van der Waals surface area contributed by atoms with Gasteiger partial charge in [0, 0.05) is 37.9 Å². The van der Waals surface area contributed by atoms with Crippen molar-refractivity contribution in [3.63, 3.8) is 0 Å². The van der Waals surface area contributed by atoms with E-state index < -0.39 is 21.7 Å². The third-order valence-electron chi connectivity index (χ3n) is 4.70. The lowest BCUT2D eigenvalue weighted by atomic mass is 10.1. The third-order valence-corrected chi connectivity index (χ3v) is 6.48. The van der Waals surface area contributed by atoms with Gasteiger partial charge in [-0.2, -0.15) is 4.31 Å². The van der Waals surface area contributed by atoms with Crippen LogP contribution in [0.25, 0.3) is 0 Å². The average Bonchev–Trinajstić information content (AvgIpc) is 2.54. The van der Waals surface area contributed by atoms with Gasteiger partial charge in [0.1, 0.15) is 5.75 Å². The zero-order valence-electron chi connectivity index (χ0n) is 15.5. The fourth-order valence-corrected chi connectivity index (χ4v) is 4.09. The third kappa shape index (κ3) is 5.44. The molecule has 2 rings (SSSR count). The molecule has 1 aromatic carbocycles. The Morgan fingerprint density at radius 2 is 1.80 bits per heavy atom. The van der Waals surface area contributed by atoms with E-state index >= 15 is 0 Å². The average molecular weight is 368 g/mol. The maximum absolute atomic E-state index is 12.5. The summed E-state index contributed by atoms with van der Waals surface area (Å²) >= 11 is 0. The number of benzene rings is 1. The molecule has 0 radical (unpaired) electrons. The Labute approximate surface area is 151 Å². The van der Waals surface area contributed by atoms with Crippen LogP contribution in [-0.4, -0.2) is 56.6 Å². The molecule has 1 heterocycles. The van der Waals surface area contributed by atoms with E-state index in [1.165, 1.54) is 9.87 Å². The van der Waals surface area contributed by atoms with E-state index in [1.54, 1.807) is 0 Å². The molecule has 25 heavy (non-hydrogen) atoms. The molecule has 0 spiro atoms. The summed E-state index contributed by atoms with van der Waals surface area (Å²) in [6.45, 7) is 9.98. The number of hydrogen-bond acceptors (Lipinski definition) is 4. The number of aryl methyl sites for hydroxylation is 1. The van der Waals surface area contributed by atoms with Crippen molar-refractivity contribution in [2.75, 3.05) is 36.8 Å². The van der Waals surface area contributed by atoms with E-state index in [0.29, 0.717) is 26.2 Å². The van der Waals surface area contributed by atoms with Gasteiger partial charge in [-0.25, -0.2) is 8.42 Å². The van der Waals surface area contributed by atoms with Gasteiger partial charge < -0.3 is 10.2 Å². The van der Waals surface area contributed by atoms with Crippen LogP contribution in [0.15, 0.2) is 24.3 Å². The Balaban J connectivity index is 1.91. The molecule has 6 nitrogen and oxygen atoms in total. The van der Waals surface area contributed by atoms with Crippen molar-refractivity contribution < 1.29 is 13.2 Å². The number of nitrogens with zero attached hydrogens (tertiary/aromatic N) is 2. The van der Waals surface area contributed by atoms with Crippen LogP contribution in [0.4, 0.5) is 5.69 Å². The first-order chi connectivity index (χ1) is 11.7. The summed E-state index contributed by atoms with van der Waals surface area (Å²) in [5.74, 6) is -0.638. The van der Waals surface area contributed by atoms with Crippen LogP contribution in [0.1, 0.15) is 26.3 Å². The van der Waals surface area contributed by atoms with Crippen LogP contribution in [0, 0.1) is 12.8 Å². The molecular formula is C18H29N3O3S. The lowest BCUT2D eigenvalue weighted by Gasteiger charge is -2.35. The molecule has 140 valence electrons.